The van der Waals surface area contributed by atoms with Crippen LogP contribution in [0.3, 0.4) is 0 Å². The predicted octanol–water partition coefficient (Wildman–Crippen LogP) is 5.36. The predicted molar refractivity (Wildman–Crippen MR) is 108 cm³/mol. The van der Waals surface area contributed by atoms with Crippen LogP contribution in [0.25, 0.3) is 15.8 Å². The van der Waals surface area contributed by atoms with Gasteiger partial charge in [-0.25, -0.2) is 0 Å². The second-order valence-corrected chi connectivity index (χ2v) is 8.62. The van der Waals surface area contributed by atoms with E-state index in [-0.39, 0.29) is 0 Å². The first kappa shape index (κ1) is 15.2. The highest BCUT2D eigenvalue weighted by molar-refractivity contribution is 8.03. The molecule has 0 unspecified atom stereocenters. The highest BCUT2D eigenvalue weighted by Crippen LogP contribution is 2.48. The molecule has 2 nitrogen and oxygen atoms in total. The summed E-state index contributed by atoms with van der Waals surface area (Å²) in [6, 6.07) is 17.3. The lowest BCUT2D eigenvalue weighted by molar-refractivity contribution is -0.642. The van der Waals surface area contributed by atoms with Crippen LogP contribution in [-0.4, -0.2) is 7.05 Å². The van der Waals surface area contributed by atoms with Gasteiger partial charge < -0.3 is 4.90 Å². The van der Waals surface area contributed by atoms with E-state index in [1.165, 1.54) is 42.0 Å². The number of thiazole rings is 1. The topological polar surface area (TPSA) is 7.12 Å². The largest absolute Gasteiger partial charge is 0.338 e. The van der Waals surface area contributed by atoms with Gasteiger partial charge in [0.05, 0.1) is 10.7 Å². The molecule has 124 valence electrons. The molecule has 0 N–H and O–H groups in total. The first-order valence-corrected chi connectivity index (χ1v) is 10.2. The Hall–Kier alpha value is -2.04. The van der Waals surface area contributed by atoms with Crippen molar-refractivity contribution in [3.8, 4) is 0 Å². The van der Waals surface area contributed by atoms with Gasteiger partial charge in [-0.2, -0.15) is 4.57 Å². The van der Waals surface area contributed by atoms with E-state index in [1.54, 1.807) is 0 Å². The number of fused-ring (bicyclic) bond motifs is 2. The van der Waals surface area contributed by atoms with Crippen molar-refractivity contribution in [2.75, 3.05) is 11.9 Å². The van der Waals surface area contributed by atoms with E-state index in [0.29, 0.717) is 0 Å². The lowest BCUT2D eigenvalue weighted by atomic mass is 10.2. The lowest BCUT2D eigenvalue weighted by Crippen LogP contribution is -2.30. The average Bonchev–Trinajstić information content (AvgIpc) is 3.32. The molecule has 1 aromatic heterocycles. The molecule has 0 amide bonds. The number of allylic oxidation sites excluding steroid dienone is 3. The number of aromatic nitrogens is 1. The van der Waals surface area contributed by atoms with Crippen molar-refractivity contribution in [1.29, 1.82) is 0 Å². The Morgan fingerprint density at radius 3 is 2.64 bits per heavy atom. The molecule has 0 bridgehead atoms. The fraction of sp³-hybridized carbons (Fsp3) is 0.190. The summed E-state index contributed by atoms with van der Waals surface area (Å²) < 4.78 is 3.71. The number of rotatable bonds is 1. The van der Waals surface area contributed by atoms with Crippen LogP contribution in [0.15, 0.2) is 70.1 Å². The second kappa shape index (κ2) is 5.75. The molecule has 2 heterocycles. The highest BCUT2D eigenvalue weighted by Gasteiger charge is 2.29. The maximum atomic E-state index is 2.43. The van der Waals surface area contributed by atoms with Crippen molar-refractivity contribution in [2.45, 2.75) is 17.7 Å². The summed E-state index contributed by atoms with van der Waals surface area (Å²) in [6.45, 7) is 0. The van der Waals surface area contributed by atoms with Gasteiger partial charge in [-0.15, -0.1) is 0 Å². The standard InChI is InChI=1S/C21H19N2S2/c1-22-16-7-3-5-9-18(16)24-20(22)14-11-12-15(13-14)21-23(2)17-8-4-6-10-19(17)25-21/h3-10,13H,11-12H2,1-2H3/q+1. The molecule has 4 heteroatoms. The van der Waals surface area contributed by atoms with E-state index in [9.17, 15) is 0 Å². The van der Waals surface area contributed by atoms with Crippen LogP contribution in [0.4, 0.5) is 5.69 Å². The number of nitrogens with zero attached hydrogens (tertiary/aromatic N) is 2. The Morgan fingerprint density at radius 2 is 1.80 bits per heavy atom. The summed E-state index contributed by atoms with van der Waals surface area (Å²) in [7, 11) is 4.37. The lowest BCUT2D eigenvalue weighted by Gasteiger charge is -2.15. The fourth-order valence-electron chi connectivity index (χ4n) is 3.73. The minimum atomic E-state index is 1.13. The summed E-state index contributed by atoms with van der Waals surface area (Å²) in [5.41, 5.74) is 5.58. The van der Waals surface area contributed by atoms with Crippen molar-refractivity contribution in [3.05, 3.63) is 70.2 Å². The quantitative estimate of drug-likeness (QED) is 0.538. The molecule has 25 heavy (non-hydrogen) atoms. The van der Waals surface area contributed by atoms with Gasteiger partial charge in [0.15, 0.2) is 0 Å². The van der Waals surface area contributed by atoms with Crippen LogP contribution < -0.4 is 9.47 Å². The Labute approximate surface area is 156 Å². The SMILES string of the molecule is CN1/C(=C2\C=C(c3sc4ccccc4[n+]3C)CC2)Sc2ccccc21. The molecule has 1 aliphatic carbocycles. The minimum Gasteiger partial charge on any atom is -0.338 e. The third-order valence-electron chi connectivity index (χ3n) is 5.04. The van der Waals surface area contributed by atoms with E-state index < -0.39 is 0 Å². The normalized spacial score (nSPS) is 19.6. The molecule has 1 aliphatic heterocycles. The molecule has 0 atom stereocenters. The Bertz CT molecular complexity index is 1060. The maximum absolute atomic E-state index is 2.43. The number of hydrogen-bond donors (Lipinski definition) is 0. The van der Waals surface area contributed by atoms with Crippen molar-refractivity contribution < 1.29 is 4.57 Å². The van der Waals surface area contributed by atoms with Crippen molar-refractivity contribution in [1.82, 2.24) is 0 Å². The van der Waals surface area contributed by atoms with Gasteiger partial charge in [-0.3, -0.25) is 0 Å². The van der Waals surface area contributed by atoms with Crippen molar-refractivity contribution >= 4 is 44.6 Å². The van der Waals surface area contributed by atoms with Crippen LogP contribution in [0.1, 0.15) is 17.8 Å². The number of para-hydroxylation sites is 2. The second-order valence-electron chi connectivity index (χ2n) is 6.56. The summed E-state index contributed by atoms with van der Waals surface area (Å²) in [5, 5.41) is 2.78. The highest BCUT2D eigenvalue weighted by atomic mass is 32.2. The number of thioether (sulfide) groups is 1. The van der Waals surface area contributed by atoms with Crippen LogP contribution in [0, 0.1) is 0 Å². The van der Waals surface area contributed by atoms with Crippen molar-refractivity contribution in [3.63, 3.8) is 0 Å². The summed E-state index contributed by atoms with van der Waals surface area (Å²) in [5.74, 6) is 0. The van der Waals surface area contributed by atoms with E-state index in [1.807, 2.05) is 23.1 Å². The molecule has 0 fully saturated rings. The van der Waals surface area contributed by atoms with Crippen LogP contribution in [-0.2, 0) is 7.05 Å². The molecule has 3 aromatic rings. The molecule has 2 aliphatic rings. The molecule has 0 spiro atoms. The molecule has 0 saturated heterocycles. The van der Waals surface area contributed by atoms with Gasteiger partial charge in [0.1, 0.15) is 11.7 Å². The zero-order chi connectivity index (χ0) is 17.0. The molecular formula is C21H19N2S2+. The van der Waals surface area contributed by atoms with Crippen LogP contribution in [0.5, 0.6) is 0 Å². The minimum absolute atomic E-state index is 1.13. The van der Waals surface area contributed by atoms with Gasteiger partial charge >= 0.3 is 0 Å². The summed E-state index contributed by atoms with van der Waals surface area (Å²) in [4.78, 5) is 3.71. The van der Waals surface area contributed by atoms with E-state index in [0.717, 1.165) is 12.8 Å². The number of anilines is 1. The van der Waals surface area contributed by atoms with Gasteiger partial charge in [0, 0.05) is 23.6 Å². The van der Waals surface area contributed by atoms with Crippen LogP contribution >= 0.6 is 23.1 Å². The Morgan fingerprint density at radius 1 is 1.00 bits per heavy atom. The Balaban J connectivity index is 1.57. The summed E-state index contributed by atoms with van der Waals surface area (Å²) in [6.07, 6.45) is 4.68. The zero-order valence-electron chi connectivity index (χ0n) is 14.3. The molecule has 0 radical (unpaired) electrons. The van der Waals surface area contributed by atoms with E-state index in [4.69, 9.17) is 0 Å². The monoisotopic (exact) mass is 363 g/mol. The third-order valence-corrected chi connectivity index (χ3v) is 7.63. The van der Waals surface area contributed by atoms with Crippen molar-refractivity contribution in [2.24, 2.45) is 7.05 Å². The van der Waals surface area contributed by atoms with Gasteiger partial charge in [0.2, 0.25) is 5.52 Å². The molecular weight excluding hydrogens is 344 g/mol. The maximum Gasteiger partial charge on any atom is 0.265 e. The van der Waals surface area contributed by atoms with Gasteiger partial charge in [0.25, 0.3) is 5.01 Å². The third kappa shape index (κ3) is 2.35. The molecule has 0 saturated carbocycles. The van der Waals surface area contributed by atoms with Crippen LogP contribution in [0.2, 0.25) is 0 Å². The first-order chi connectivity index (χ1) is 12.2. The summed E-state index contributed by atoms with van der Waals surface area (Å²) >= 11 is 3.81. The van der Waals surface area contributed by atoms with Gasteiger partial charge in [-0.1, -0.05) is 47.4 Å². The first-order valence-electron chi connectivity index (χ1n) is 8.54. The van der Waals surface area contributed by atoms with Gasteiger partial charge in [-0.05, 0) is 42.7 Å². The smallest absolute Gasteiger partial charge is 0.265 e. The number of aryl methyl sites for hydroxylation is 1. The number of benzene rings is 2. The number of hydrogen-bond acceptors (Lipinski definition) is 3. The molecule has 2 aromatic carbocycles. The zero-order valence-corrected chi connectivity index (χ0v) is 16.0. The fourth-order valence-corrected chi connectivity index (χ4v) is 6.11. The molecule has 5 rings (SSSR count). The average molecular weight is 364 g/mol. The Kier molecular flexibility index (Phi) is 3.50. The van der Waals surface area contributed by atoms with E-state index >= 15 is 0 Å². The van der Waals surface area contributed by atoms with E-state index in [2.05, 4.69) is 78.2 Å².